The summed E-state index contributed by atoms with van der Waals surface area (Å²) in [4.78, 5) is 0. The van der Waals surface area contributed by atoms with Crippen LogP contribution in [0.2, 0.25) is 0 Å². The Morgan fingerprint density at radius 3 is 1.17 bits per heavy atom. The van der Waals surface area contributed by atoms with Gasteiger partial charge in [-0.1, -0.05) is 96.8 Å². The van der Waals surface area contributed by atoms with E-state index in [1.165, 1.54) is 70.3 Å². The fourth-order valence-corrected chi connectivity index (χ4v) is 7.70. The maximum absolute atomic E-state index is 14.3. The molecule has 0 amide bonds. The predicted molar refractivity (Wildman–Crippen MR) is 216 cm³/mol. The van der Waals surface area contributed by atoms with Crippen LogP contribution in [-0.2, 0) is 18.5 Å². The first-order valence-electron chi connectivity index (χ1n) is 21.4. The van der Waals surface area contributed by atoms with E-state index in [1.54, 1.807) is 0 Å². The Kier molecular flexibility index (Phi) is 20.3. The number of quaternary nitrogens is 1. The molecule has 0 saturated heterocycles. The van der Waals surface area contributed by atoms with Gasteiger partial charge in [0.15, 0.2) is 0 Å². The van der Waals surface area contributed by atoms with Gasteiger partial charge < -0.3 is 18.4 Å². The van der Waals surface area contributed by atoms with Crippen molar-refractivity contribution in [2.45, 2.75) is 155 Å². The number of unbranched alkanes of at least 4 members (excludes halogenated alkanes) is 14. The van der Waals surface area contributed by atoms with Gasteiger partial charge in [-0.05, 0) is 93.9 Å². The van der Waals surface area contributed by atoms with Crippen LogP contribution in [0.1, 0.15) is 159 Å². The molecule has 3 rings (SSSR count). The summed E-state index contributed by atoms with van der Waals surface area (Å²) in [5.74, 6) is -0.289. The first-order chi connectivity index (χ1) is 28.0. The van der Waals surface area contributed by atoms with Gasteiger partial charge in [0.25, 0.3) is 0 Å². The molecule has 3 aromatic carbocycles. The van der Waals surface area contributed by atoms with Crippen LogP contribution in [0.25, 0.3) is 0 Å². The molecule has 1 atom stereocenters. The zero-order valence-electron chi connectivity index (χ0n) is 35.0. The van der Waals surface area contributed by atoms with Crippen molar-refractivity contribution in [3.8, 4) is 17.2 Å². The monoisotopic (exact) mass is 846 g/mol. The SMILES string of the molecule is CCCCCCCCCCCCCCCCCC(c1cc(C(F)(F)F)ccc1OB(Oc1ccc(C(F)(F)F)cc1)Oc1ccc(C(F)(F)F)cc1)[N+](CC)(CC)CC. The van der Waals surface area contributed by atoms with Gasteiger partial charge in [0.05, 0.1) is 41.9 Å². The number of rotatable bonds is 27. The second kappa shape index (κ2) is 24.0. The lowest BCUT2D eigenvalue weighted by atomic mass is 9.92. The summed E-state index contributed by atoms with van der Waals surface area (Å²) in [5, 5.41) is 0. The molecule has 0 radical (unpaired) electrons. The third kappa shape index (κ3) is 16.4. The number of halogens is 9. The summed E-state index contributed by atoms with van der Waals surface area (Å²) in [6.45, 7) is 10.0. The van der Waals surface area contributed by atoms with Gasteiger partial charge in [0.1, 0.15) is 23.3 Å². The van der Waals surface area contributed by atoms with Crippen molar-refractivity contribution in [3.05, 3.63) is 89.0 Å². The van der Waals surface area contributed by atoms with Crippen LogP contribution in [0, 0.1) is 0 Å². The Morgan fingerprint density at radius 1 is 0.458 bits per heavy atom. The van der Waals surface area contributed by atoms with E-state index in [0.29, 0.717) is 30.5 Å². The van der Waals surface area contributed by atoms with E-state index >= 15 is 0 Å². The van der Waals surface area contributed by atoms with Crippen molar-refractivity contribution in [2.24, 2.45) is 0 Å². The van der Waals surface area contributed by atoms with Crippen molar-refractivity contribution < 1.29 is 58.0 Å². The van der Waals surface area contributed by atoms with Crippen LogP contribution >= 0.6 is 0 Å². The Labute approximate surface area is 345 Å². The van der Waals surface area contributed by atoms with Crippen molar-refractivity contribution in [1.29, 1.82) is 0 Å². The number of hydrogen-bond acceptors (Lipinski definition) is 3. The number of nitrogens with zero attached hydrogens (tertiary/aromatic N) is 1. The number of hydrogen-bond donors (Lipinski definition) is 0. The third-order valence-electron chi connectivity index (χ3n) is 11.4. The summed E-state index contributed by atoms with van der Waals surface area (Å²) in [7, 11) is -1.82. The minimum atomic E-state index is -4.68. The molecule has 3 aromatic rings. The number of alkyl halides is 9. The highest BCUT2D eigenvalue weighted by molar-refractivity contribution is 6.39. The first-order valence-corrected chi connectivity index (χ1v) is 21.4. The smallest absolute Gasteiger partial charge is 0.490 e. The molecule has 0 aliphatic heterocycles. The molecule has 4 nitrogen and oxygen atoms in total. The Morgan fingerprint density at radius 2 is 0.814 bits per heavy atom. The summed E-state index contributed by atoms with van der Waals surface area (Å²) in [6, 6.07) is 9.86. The van der Waals surface area contributed by atoms with Crippen LogP contribution in [0.4, 0.5) is 39.5 Å². The normalized spacial score (nSPS) is 13.0. The molecule has 14 heteroatoms. The Hall–Kier alpha value is -3.55. The predicted octanol–water partition coefficient (Wildman–Crippen LogP) is 15.4. The molecule has 59 heavy (non-hydrogen) atoms. The van der Waals surface area contributed by atoms with Crippen molar-refractivity contribution in [2.75, 3.05) is 19.6 Å². The lowest BCUT2D eigenvalue weighted by molar-refractivity contribution is -0.953. The zero-order chi connectivity index (χ0) is 43.5. The summed E-state index contributed by atoms with van der Waals surface area (Å²) < 4.78 is 141. The lowest BCUT2D eigenvalue weighted by Gasteiger charge is -2.44. The highest BCUT2D eigenvalue weighted by Crippen LogP contribution is 2.42. The maximum Gasteiger partial charge on any atom is 0.864 e. The standard InChI is InChI=1S/C45H62BF9NO3/c1-5-9-10-11-12-13-14-15-16-17-18-19-20-21-22-23-41(56(6-2,7-3)8-4)40-34-37(45(53,54)55)28-33-42(40)59-46(57-38-29-24-35(25-30-38)43(47,48)49)58-39-31-26-36(27-32-39)44(50,51)52/h24-34,41H,5-23H2,1-4H3/q+1. The van der Waals surface area contributed by atoms with Gasteiger partial charge in [-0.3, -0.25) is 0 Å². The van der Waals surface area contributed by atoms with Gasteiger partial charge in [0, 0.05) is 6.42 Å². The molecule has 0 aliphatic rings. The van der Waals surface area contributed by atoms with Gasteiger partial charge in [-0.25, -0.2) is 0 Å². The summed E-state index contributed by atoms with van der Waals surface area (Å²) in [5.41, 5.74) is -2.53. The highest BCUT2D eigenvalue weighted by atomic mass is 19.4. The molecule has 0 saturated carbocycles. The van der Waals surface area contributed by atoms with Crippen molar-refractivity contribution in [3.63, 3.8) is 0 Å². The van der Waals surface area contributed by atoms with E-state index in [4.69, 9.17) is 14.0 Å². The zero-order valence-corrected chi connectivity index (χ0v) is 35.0. The first kappa shape index (κ1) is 49.8. The van der Waals surface area contributed by atoms with Crippen LogP contribution in [0.15, 0.2) is 66.7 Å². The average molecular weight is 847 g/mol. The molecule has 0 spiro atoms. The van der Waals surface area contributed by atoms with Gasteiger partial charge in [-0.2, -0.15) is 39.5 Å². The average Bonchev–Trinajstić information content (AvgIpc) is 3.19. The minimum Gasteiger partial charge on any atom is -0.490 e. The van der Waals surface area contributed by atoms with Crippen LogP contribution < -0.4 is 14.0 Å². The molecule has 0 fully saturated rings. The van der Waals surface area contributed by atoms with Gasteiger partial charge in [-0.15, -0.1) is 0 Å². The quantitative estimate of drug-likeness (QED) is 0.0331. The second-order valence-corrected chi connectivity index (χ2v) is 15.4. The molecule has 0 bridgehead atoms. The molecule has 1 unspecified atom stereocenters. The molecular weight excluding hydrogens is 784 g/mol. The molecule has 330 valence electrons. The maximum atomic E-state index is 14.3. The van der Waals surface area contributed by atoms with E-state index in [-0.39, 0.29) is 22.8 Å². The topological polar surface area (TPSA) is 27.7 Å². The Balaban J connectivity index is 1.85. The van der Waals surface area contributed by atoms with Crippen LogP contribution in [0.5, 0.6) is 17.2 Å². The largest absolute Gasteiger partial charge is 0.864 e. The lowest BCUT2D eigenvalue weighted by Crippen LogP contribution is -2.50. The van der Waals surface area contributed by atoms with E-state index in [1.807, 2.05) is 20.8 Å². The van der Waals surface area contributed by atoms with E-state index < -0.39 is 48.6 Å². The molecule has 0 aromatic heterocycles. The van der Waals surface area contributed by atoms with E-state index in [2.05, 4.69) is 6.92 Å². The van der Waals surface area contributed by atoms with Gasteiger partial charge in [0.2, 0.25) is 0 Å². The highest BCUT2D eigenvalue weighted by Gasteiger charge is 2.41. The minimum absolute atomic E-state index is 0.00867. The molecule has 0 N–H and O–H groups in total. The van der Waals surface area contributed by atoms with E-state index in [0.717, 1.165) is 92.8 Å². The molecular formula is C45H62BF9NO3+. The van der Waals surface area contributed by atoms with Crippen LogP contribution in [-0.4, -0.2) is 31.4 Å². The van der Waals surface area contributed by atoms with E-state index in [9.17, 15) is 39.5 Å². The molecule has 0 aliphatic carbocycles. The fraction of sp³-hybridized carbons (Fsp3) is 0.600. The molecule has 0 heterocycles. The van der Waals surface area contributed by atoms with Crippen molar-refractivity contribution in [1.82, 2.24) is 0 Å². The summed E-state index contributed by atoms with van der Waals surface area (Å²) >= 11 is 0. The van der Waals surface area contributed by atoms with Gasteiger partial charge >= 0.3 is 25.9 Å². The second-order valence-electron chi connectivity index (χ2n) is 15.4. The summed E-state index contributed by atoms with van der Waals surface area (Å²) in [6.07, 6.45) is 4.29. The van der Waals surface area contributed by atoms with Crippen molar-refractivity contribution >= 4 is 7.32 Å². The third-order valence-corrected chi connectivity index (χ3v) is 11.4. The Bertz CT molecular complexity index is 1540. The number of benzene rings is 3. The fourth-order valence-electron chi connectivity index (χ4n) is 7.70. The van der Waals surface area contributed by atoms with Crippen LogP contribution in [0.3, 0.4) is 0 Å².